The Labute approximate surface area is 202 Å². The predicted molar refractivity (Wildman–Crippen MR) is 129 cm³/mol. The van der Waals surface area contributed by atoms with Gasteiger partial charge in [0.25, 0.3) is 5.91 Å². The fraction of sp³-hybridized carbons (Fsp3) is 0.417. The van der Waals surface area contributed by atoms with E-state index in [1.807, 2.05) is 4.90 Å². The third kappa shape index (κ3) is 4.85. The van der Waals surface area contributed by atoms with Crippen molar-refractivity contribution in [1.29, 1.82) is 0 Å². The number of hydrogen-bond acceptors (Lipinski definition) is 6. The number of carbonyl (C=O) groups excluding carboxylic acids is 2. The summed E-state index contributed by atoms with van der Waals surface area (Å²) in [5.74, 6) is -1.55. The molecular weight excluding hydrogens is 458 g/mol. The van der Waals surface area contributed by atoms with Gasteiger partial charge >= 0.3 is 5.97 Å². The van der Waals surface area contributed by atoms with Gasteiger partial charge < -0.3 is 21.1 Å². The van der Waals surface area contributed by atoms with Crippen LogP contribution in [0.5, 0.6) is 0 Å². The third-order valence-electron chi connectivity index (χ3n) is 6.77. The van der Waals surface area contributed by atoms with Crippen molar-refractivity contribution in [3.8, 4) is 0 Å². The number of pyridine rings is 1. The third-order valence-corrected chi connectivity index (χ3v) is 7.02. The van der Waals surface area contributed by atoms with Crippen molar-refractivity contribution >= 4 is 40.9 Å². The SMILES string of the molecule is NC(=O)C1(N2CCCCC2)CCN(c2ncc(NC(=O)c3ccc(Cl)cc3)cc2C(=O)O)CC1. The van der Waals surface area contributed by atoms with E-state index in [0.717, 1.165) is 32.4 Å². The standard InChI is InChI=1S/C24H28ClN5O4/c25-17-6-4-16(5-7-17)21(31)28-18-14-19(22(32)33)20(27-15-18)29-12-8-24(9-13-29,23(26)34)30-10-2-1-3-11-30/h4-7,14-15H,1-3,8-13H2,(H2,26,34)(H,28,31)(H,32,33). The van der Waals surface area contributed by atoms with Gasteiger partial charge in [-0.3, -0.25) is 14.5 Å². The highest BCUT2D eigenvalue weighted by Crippen LogP contribution is 2.34. The van der Waals surface area contributed by atoms with E-state index in [-0.39, 0.29) is 17.2 Å². The van der Waals surface area contributed by atoms with Gasteiger partial charge in [0, 0.05) is 23.7 Å². The first kappa shape index (κ1) is 24.0. The number of aromatic carboxylic acids is 1. The molecule has 2 aliphatic rings. The van der Waals surface area contributed by atoms with E-state index in [1.54, 1.807) is 24.3 Å². The van der Waals surface area contributed by atoms with Crippen molar-refractivity contribution < 1.29 is 19.5 Å². The second kappa shape index (κ2) is 9.99. The number of piperidine rings is 2. The van der Waals surface area contributed by atoms with Crippen molar-refractivity contribution in [3.05, 3.63) is 52.7 Å². The van der Waals surface area contributed by atoms with E-state index in [4.69, 9.17) is 17.3 Å². The zero-order chi connectivity index (χ0) is 24.3. The van der Waals surface area contributed by atoms with Gasteiger partial charge in [0.1, 0.15) is 16.9 Å². The molecule has 9 nitrogen and oxygen atoms in total. The highest BCUT2D eigenvalue weighted by atomic mass is 35.5. The van der Waals surface area contributed by atoms with Crippen LogP contribution in [0.2, 0.25) is 5.02 Å². The Balaban J connectivity index is 1.51. The lowest BCUT2D eigenvalue weighted by Gasteiger charge is -2.48. The number of nitrogens with one attached hydrogen (secondary N) is 1. The number of likely N-dealkylation sites (tertiary alicyclic amines) is 1. The number of rotatable bonds is 6. The molecule has 10 heteroatoms. The minimum absolute atomic E-state index is 0.0153. The molecule has 1 aromatic heterocycles. The summed E-state index contributed by atoms with van der Waals surface area (Å²) in [4.78, 5) is 45.4. The van der Waals surface area contributed by atoms with E-state index in [2.05, 4.69) is 15.2 Å². The van der Waals surface area contributed by atoms with Crippen molar-refractivity contribution in [2.75, 3.05) is 36.4 Å². The number of amides is 2. The summed E-state index contributed by atoms with van der Waals surface area (Å²) in [6, 6.07) is 7.77. The largest absolute Gasteiger partial charge is 0.478 e. The maximum Gasteiger partial charge on any atom is 0.339 e. The summed E-state index contributed by atoms with van der Waals surface area (Å²) in [7, 11) is 0. The summed E-state index contributed by atoms with van der Waals surface area (Å²) < 4.78 is 0. The van der Waals surface area contributed by atoms with Gasteiger partial charge in [-0.2, -0.15) is 0 Å². The van der Waals surface area contributed by atoms with Crippen LogP contribution in [0.1, 0.15) is 52.8 Å². The number of carbonyl (C=O) groups is 3. The Morgan fingerprint density at radius 1 is 1.03 bits per heavy atom. The molecule has 4 rings (SSSR count). The molecule has 4 N–H and O–H groups in total. The predicted octanol–water partition coefficient (Wildman–Crippen LogP) is 3.00. The molecule has 34 heavy (non-hydrogen) atoms. The average Bonchev–Trinajstić information content (AvgIpc) is 2.85. The number of nitrogens with zero attached hydrogens (tertiary/aromatic N) is 3. The molecule has 2 fully saturated rings. The zero-order valence-corrected chi connectivity index (χ0v) is 19.6. The first-order chi connectivity index (χ1) is 16.3. The minimum atomic E-state index is -1.15. The molecule has 2 amide bonds. The van der Waals surface area contributed by atoms with E-state index in [1.165, 1.54) is 12.3 Å². The van der Waals surface area contributed by atoms with Crippen LogP contribution >= 0.6 is 11.6 Å². The first-order valence-corrected chi connectivity index (χ1v) is 11.8. The molecule has 0 spiro atoms. The zero-order valence-electron chi connectivity index (χ0n) is 18.8. The van der Waals surface area contributed by atoms with Gasteiger partial charge in [-0.1, -0.05) is 18.0 Å². The number of primary amides is 1. The van der Waals surface area contributed by atoms with Crippen LogP contribution in [0.4, 0.5) is 11.5 Å². The van der Waals surface area contributed by atoms with E-state index >= 15 is 0 Å². The number of anilines is 2. The second-order valence-electron chi connectivity index (χ2n) is 8.79. The lowest BCUT2D eigenvalue weighted by Crippen LogP contribution is -2.63. The maximum absolute atomic E-state index is 12.5. The molecule has 2 saturated heterocycles. The van der Waals surface area contributed by atoms with Crippen LogP contribution in [-0.4, -0.2) is 64.5 Å². The smallest absolute Gasteiger partial charge is 0.339 e. The summed E-state index contributed by atoms with van der Waals surface area (Å²) >= 11 is 5.86. The fourth-order valence-electron chi connectivity index (χ4n) is 4.87. The Kier molecular flexibility index (Phi) is 7.04. The Hall–Kier alpha value is -3.17. The van der Waals surface area contributed by atoms with Crippen LogP contribution in [0.15, 0.2) is 36.5 Å². The van der Waals surface area contributed by atoms with Gasteiger partial charge in [0.2, 0.25) is 5.91 Å². The fourth-order valence-corrected chi connectivity index (χ4v) is 4.99. The lowest BCUT2D eigenvalue weighted by atomic mass is 9.83. The van der Waals surface area contributed by atoms with Crippen LogP contribution in [0, 0.1) is 0 Å². The number of nitrogens with two attached hydrogens (primary N) is 1. The number of benzene rings is 1. The molecule has 180 valence electrons. The van der Waals surface area contributed by atoms with E-state index in [9.17, 15) is 19.5 Å². The van der Waals surface area contributed by atoms with Gasteiger partial charge in [0.05, 0.1) is 11.9 Å². The quantitative estimate of drug-likeness (QED) is 0.573. The summed E-state index contributed by atoms with van der Waals surface area (Å²) in [5, 5.41) is 13.0. The van der Waals surface area contributed by atoms with Crippen molar-refractivity contribution in [2.24, 2.45) is 5.73 Å². The molecule has 1 aromatic carbocycles. The summed E-state index contributed by atoms with van der Waals surface area (Å²) in [6.07, 6.45) is 5.72. The molecule has 2 aromatic rings. The molecule has 0 atom stereocenters. The molecule has 0 aliphatic carbocycles. The minimum Gasteiger partial charge on any atom is -0.478 e. The lowest BCUT2D eigenvalue weighted by molar-refractivity contribution is -0.132. The normalized spacial score (nSPS) is 18.3. The van der Waals surface area contributed by atoms with Crippen molar-refractivity contribution in [3.63, 3.8) is 0 Å². The van der Waals surface area contributed by atoms with Crippen molar-refractivity contribution in [1.82, 2.24) is 9.88 Å². The van der Waals surface area contributed by atoms with Gasteiger partial charge in [-0.15, -0.1) is 0 Å². The van der Waals surface area contributed by atoms with E-state index in [0.29, 0.717) is 42.3 Å². The Bertz CT molecular complexity index is 1080. The van der Waals surface area contributed by atoms with Crippen LogP contribution in [0.3, 0.4) is 0 Å². The molecular formula is C24H28ClN5O4. The van der Waals surface area contributed by atoms with Crippen LogP contribution < -0.4 is 16.0 Å². The van der Waals surface area contributed by atoms with Gasteiger partial charge in [-0.05, 0) is 69.1 Å². The van der Waals surface area contributed by atoms with Crippen LogP contribution in [-0.2, 0) is 4.79 Å². The molecule has 0 unspecified atom stereocenters. The number of halogens is 1. The Morgan fingerprint density at radius 2 is 1.68 bits per heavy atom. The topological polar surface area (TPSA) is 129 Å². The highest BCUT2D eigenvalue weighted by molar-refractivity contribution is 6.30. The number of carboxylic acid groups (broad SMARTS) is 1. The van der Waals surface area contributed by atoms with Crippen LogP contribution in [0.25, 0.3) is 0 Å². The molecule has 2 aliphatic heterocycles. The number of aromatic nitrogens is 1. The summed E-state index contributed by atoms with van der Waals surface area (Å²) in [5.41, 5.74) is 5.81. The Morgan fingerprint density at radius 3 is 2.26 bits per heavy atom. The molecule has 0 saturated carbocycles. The monoisotopic (exact) mass is 485 g/mol. The second-order valence-corrected chi connectivity index (χ2v) is 9.23. The molecule has 0 bridgehead atoms. The maximum atomic E-state index is 12.5. The summed E-state index contributed by atoms with van der Waals surface area (Å²) in [6.45, 7) is 2.62. The number of carboxylic acids is 1. The highest BCUT2D eigenvalue weighted by Gasteiger charge is 2.45. The number of hydrogen-bond donors (Lipinski definition) is 3. The first-order valence-electron chi connectivity index (χ1n) is 11.4. The van der Waals surface area contributed by atoms with Gasteiger partial charge in [-0.25, -0.2) is 9.78 Å². The molecule has 0 radical (unpaired) electrons. The van der Waals surface area contributed by atoms with E-state index < -0.39 is 17.4 Å². The van der Waals surface area contributed by atoms with Gasteiger partial charge in [0.15, 0.2) is 0 Å². The molecule has 3 heterocycles. The van der Waals surface area contributed by atoms with Crippen molar-refractivity contribution in [2.45, 2.75) is 37.6 Å². The average molecular weight is 486 g/mol.